The molecule has 0 saturated carbocycles. The van der Waals surface area contributed by atoms with Gasteiger partial charge in [0.25, 0.3) is 0 Å². The van der Waals surface area contributed by atoms with Crippen LogP contribution in [0, 0.1) is 5.92 Å². The van der Waals surface area contributed by atoms with E-state index in [2.05, 4.69) is 49.0 Å². The van der Waals surface area contributed by atoms with Crippen molar-refractivity contribution in [1.29, 1.82) is 0 Å². The minimum atomic E-state index is 0.132. The molecule has 2 aromatic heterocycles. The minimum Gasteiger partial charge on any atom is -0.474 e. The maximum atomic E-state index is 6.05. The van der Waals surface area contributed by atoms with E-state index in [1.165, 1.54) is 4.88 Å². The monoisotopic (exact) mass is 293 g/mol. The van der Waals surface area contributed by atoms with Gasteiger partial charge in [0.2, 0.25) is 11.8 Å². The van der Waals surface area contributed by atoms with Gasteiger partial charge in [0.1, 0.15) is 4.83 Å². The number of ether oxygens (including phenoxy) is 1. The standard InChI is InChI=1S/C15H23N3OS/c1-6-11-8-12-13(19-10(5)9(3)4)17-15(16-7-2)18-14(12)20-11/h8-10H,6-7H2,1-5H3,(H,16,17,18). The lowest BCUT2D eigenvalue weighted by Crippen LogP contribution is -2.19. The zero-order valence-corrected chi connectivity index (χ0v) is 13.7. The van der Waals surface area contributed by atoms with Crippen molar-refractivity contribution in [3.05, 3.63) is 10.9 Å². The van der Waals surface area contributed by atoms with Crippen LogP contribution in [0.2, 0.25) is 0 Å². The summed E-state index contributed by atoms with van der Waals surface area (Å²) >= 11 is 1.72. The second-order valence-corrected chi connectivity index (χ2v) is 6.35. The number of aromatic nitrogens is 2. The van der Waals surface area contributed by atoms with Gasteiger partial charge in [-0.3, -0.25) is 0 Å². The number of rotatable bonds is 6. The van der Waals surface area contributed by atoms with E-state index >= 15 is 0 Å². The highest BCUT2D eigenvalue weighted by Crippen LogP contribution is 2.32. The number of anilines is 1. The zero-order chi connectivity index (χ0) is 14.7. The molecule has 2 aromatic rings. The average molecular weight is 293 g/mol. The molecule has 1 atom stereocenters. The summed E-state index contributed by atoms with van der Waals surface area (Å²) in [4.78, 5) is 11.4. The normalized spacial score (nSPS) is 12.9. The molecular weight excluding hydrogens is 270 g/mol. The first-order chi connectivity index (χ1) is 9.55. The molecule has 0 aliphatic carbocycles. The van der Waals surface area contributed by atoms with Gasteiger partial charge in [-0.1, -0.05) is 20.8 Å². The maximum Gasteiger partial charge on any atom is 0.227 e. The number of aryl methyl sites for hydroxylation is 1. The maximum absolute atomic E-state index is 6.05. The van der Waals surface area contributed by atoms with Crippen molar-refractivity contribution in [3.63, 3.8) is 0 Å². The van der Waals surface area contributed by atoms with E-state index in [0.29, 0.717) is 17.7 Å². The van der Waals surface area contributed by atoms with Crippen LogP contribution >= 0.6 is 11.3 Å². The molecule has 0 saturated heterocycles. The van der Waals surface area contributed by atoms with Gasteiger partial charge >= 0.3 is 0 Å². The minimum absolute atomic E-state index is 0.132. The first-order valence-electron chi connectivity index (χ1n) is 7.26. The van der Waals surface area contributed by atoms with Crippen LogP contribution in [0.3, 0.4) is 0 Å². The predicted molar refractivity (Wildman–Crippen MR) is 85.9 cm³/mol. The Morgan fingerprint density at radius 1 is 1.25 bits per heavy atom. The Morgan fingerprint density at radius 2 is 2.00 bits per heavy atom. The fraction of sp³-hybridized carbons (Fsp3) is 0.600. The molecule has 20 heavy (non-hydrogen) atoms. The van der Waals surface area contributed by atoms with Crippen molar-refractivity contribution in [3.8, 4) is 5.88 Å². The summed E-state index contributed by atoms with van der Waals surface area (Å²) < 4.78 is 6.05. The number of thiophene rings is 1. The van der Waals surface area contributed by atoms with Gasteiger partial charge in [0.05, 0.1) is 11.5 Å². The van der Waals surface area contributed by atoms with Crippen LogP contribution in [0.4, 0.5) is 5.95 Å². The summed E-state index contributed by atoms with van der Waals surface area (Å²) in [6.07, 6.45) is 1.14. The highest BCUT2D eigenvalue weighted by atomic mass is 32.1. The fourth-order valence-electron chi connectivity index (χ4n) is 1.76. The van der Waals surface area contributed by atoms with E-state index in [9.17, 15) is 0 Å². The summed E-state index contributed by atoms with van der Waals surface area (Å²) in [6, 6.07) is 2.15. The molecule has 110 valence electrons. The third-order valence-corrected chi connectivity index (χ3v) is 4.50. The van der Waals surface area contributed by atoms with E-state index in [1.807, 2.05) is 6.92 Å². The average Bonchev–Trinajstić information content (AvgIpc) is 2.82. The summed E-state index contributed by atoms with van der Waals surface area (Å²) in [5.41, 5.74) is 0. The molecule has 5 heteroatoms. The topological polar surface area (TPSA) is 47.0 Å². The van der Waals surface area contributed by atoms with Crippen LogP contribution in [0.1, 0.15) is 39.5 Å². The number of hydrogen-bond acceptors (Lipinski definition) is 5. The molecule has 4 nitrogen and oxygen atoms in total. The Morgan fingerprint density at radius 3 is 2.60 bits per heavy atom. The molecule has 0 amide bonds. The molecule has 0 bridgehead atoms. The highest BCUT2D eigenvalue weighted by Gasteiger charge is 2.16. The summed E-state index contributed by atoms with van der Waals surface area (Å²) in [6.45, 7) is 11.4. The van der Waals surface area contributed by atoms with Gasteiger partial charge in [-0.05, 0) is 32.3 Å². The molecule has 1 unspecified atom stereocenters. The predicted octanol–water partition coefficient (Wildman–Crippen LogP) is 4.11. The Labute approximate surface area is 124 Å². The van der Waals surface area contributed by atoms with Gasteiger partial charge in [0.15, 0.2) is 0 Å². The van der Waals surface area contributed by atoms with Gasteiger partial charge in [0, 0.05) is 11.4 Å². The molecule has 0 fully saturated rings. The molecular formula is C15H23N3OS. The first kappa shape index (κ1) is 15.0. The van der Waals surface area contributed by atoms with E-state index in [0.717, 1.165) is 23.2 Å². The second kappa shape index (κ2) is 6.39. The number of hydrogen-bond donors (Lipinski definition) is 1. The van der Waals surface area contributed by atoms with Crippen LogP contribution in [-0.4, -0.2) is 22.6 Å². The first-order valence-corrected chi connectivity index (χ1v) is 8.07. The van der Waals surface area contributed by atoms with E-state index in [4.69, 9.17) is 4.74 Å². The third kappa shape index (κ3) is 3.20. The second-order valence-electron chi connectivity index (χ2n) is 5.23. The molecule has 0 aliphatic rings. The van der Waals surface area contributed by atoms with Crippen molar-refractivity contribution in [2.45, 2.75) is 47.1 Å². The third-order valence-electron chi connectivity index (χ3n) is 3.33. The SMILES string of the molecule is CCNc1nc(OC(C)C(C)C)c2cc(CC)sc2n1. The Bertz CT molecular complexity index is 580. The van der Waals surface area contributed by atoms with Crippen LogP contribution < -0.4 is 10.1 Å². The van der Waals surface area contributed by atoms with Crippen LogP contribution in [0.25, 0.3) is 10.2 Å². The van der Waals surface area contributed by atoms with Gasteiger partial charge in [-0.15, -0.1) is 11.3 Å². The number of nitrogens with one attached hydrogen (secondary N) is 1. The van der Waals surface area contributed by atoms with Crippen molar-refractivity contribution in [2.75, 3.05) is 11.9 Å². The molecule has 0 aromatic carbocycles. The van der Waals surface area contributed by atoms with Crippen LogP contribution in [-0.2, 0) is 6.42 Å². The largest absolute Gasteiger partial charge is 0.474 e. The molecule has 0 spiro atoms. The van der Waals surface area contributed by atoms with Gasteiger partial charge < -0.3 is 10.1 Å². The Kier molecular flexibility index (Phi) is 4.81. The quantitative estimate of drug-likeness (QED) is 0.870. The number of fused-ring (bicyclic) bond motifs is 1. The van der Waals surface area contributed by atoms with E-state index in [1.54, 1.807) is 11.3 Å². The fourth-order valence-corrected chi connectivity index (χ4v) is 2.72. The Balaban J connectivity index is 2.45. The lowest BCUT2D eigenvalue weighted by molar-refractivity contribution is 0.166. The van der Waals surface area contributed by atoms with Gasteiger partial charge in [-0.2, -0.15) is 4.98 Å². The van der Waals surface area contributed by atoms with Crippen molar-refractivity contribution < 1.29 is 4.74 Å². The molecule has 1 N–H and O–H groups in total. The van der Waals surface area contributed by atoms with E-state index in [-0.39, 0.29) is 6.10 Å². The molecule has 0 radical (unpaired) electrons. The van der Waals surface area contributed by atoms with Crippen LogP contribution in [0.5, 0.6) is 5.88 Å². The van der Waals surface area contributed by atoms with Crippen molar-refractivity contribution in [1.82, 2.24) is 9.97 Å². The lowest BCUT2D eigenvalue weighted by atomic mass is 10.1. The zero-order valence-electron chi connectivity index (χ0n) is 12.9. The van der Waals surface area contributed by atoms with Crippen molar-refractivity contribution >= 4 is 27.5 Å². The van der Waals surface area contributed by atoms with Crippen LogP contribution in [0.15, 0.2) is 6.07 Å². The molecule has 2 heterocycles. The molecule has 2 rings (SSSR count). The van der Waals surface area contributed by atoms with E-state index < -0.39 is 0 Å². The number of nitrogens with zero attached hydrogens (tertiary/aromatic N) is 2. The van der Waals surface area contributed by atoms with Crippen molar-refractivity contribution in [2.24, 2.45) is 5.92 Å². The smallest absolute Gasteiger partial charge is 0.227 e. The Hall–Kier alpha value is -1.36. The summed E-state index contributed by atoms with van der Waals surface area (Å²) in [5.74, 6) is 1.80. The highest BCUT2D eigenvalue weighted by molar-refractivity contribution is 7.18. The summed E-state index contributed by atoms with van der Waals surface area (Å²) in [5, 5.41) is 4.20. The molecule has 0 aliphatic heterocycles. The van der Waals surface area contributed by atoms with Gasteiger partial charge in [-0.25, -0.2) is 4.98 Å². The summed E-state index contributed by atoms with van der Waals surface area (Å²) in [7, 11) is 0. The lowest BCUT2D eigenvalue weighted by Gasteiger charge is -2.18.